The molecule has 0 spiro atoms. The number of para-hydroxylation sites is 1. The number of rotatable bonds is 4. The Bertz CT molecular complexity index is 1150. The van der Waals surface area contributed by atoms with E-state index in [0.29, 0.717) is 22.7 Å². The maximum Gasteiger partial charge on any atom is 0.343 e. The number of anilines is 1. The van der Waals surface area contributed by atoms with Crippen LogP contribution in [0.2, 0.25) is 0 Å². The molecule has 4 rings (SSSR count). The Morgan fingerprint density at radius 3 is 2.14 bits per heavy atom. The van der Waals surface area contributed by atoms with E-state index in [1.54, 1.807) is 36.4 Å². The molecule has 0 radical (unpaired) electrons. The van der Waals surface area contributed by atoms with Crippen LogP contribution in [0.25, 0.3) is 10.8 Å². The molecule has 0 aliphatic carbocycles. The second kappa shape index (κ2) is 7.72. The van der Waals surface area contributed by atoms with E-state index >= 15 is 0 Å². The topological polar surface area (TPSA) is 77.0 Å². The minimum Gasteiger partial charge on any atom is -0.423 e. The molecule has 0 aliphatic heterocycles. The monoisotopic (exact) mass is 367 g/mol. The van der Waals surface area contributed by atoms with Crippen LogP contribution in [0.5, 0.6) is 5.75 Å². The largest absolute Gasteiger partial charge is 0.423 e. The second-order valence-electron chi connectivity index (χ2n) is 6.17. The van der Waals surface area contributed by atoms with Crippen molar-refractivity contribution < 1.29 is 9.53 Å². The first-order valence-corrected chi connectivity index (χ1v) is 8.77. The van der Waals surface area contributed by atoms with Crippen LogP contribution in [-0.2, 0) is 0 Å². The van der Waals surface area contributed by atoms with Gasteiger partial charge in [0.25, 0.3) is 0 Å². The van der Waals surface area contributed by atoms with Crippen molar-refractivity contribution in [2.45, 2.75) is 0 Å². The maximum atomic E-state index is 12.2. The number of hydrogen-bond acceptors (Lipinski definition) is 5. The van der Waals surface area contributed by atoms with Gasteiger partial charge in [0.05, 0.1) is 16.9 Å². The van der Waals surface area contributed by atoms with Gasteiger partial charge in [-0.3, -0.25) is 0 Å². The first-order chi connectivity index (χ1) is 13.7. The summed E-state index contributed by atoms with van der Waals surface area (Å²) in [5.41, 5.74) is 8.54. The van der Waals surface area contributed by atoms with Crippen molar-refractivity contribution in [3.05, 3.63) is 96.6 Å². The molecule has 4 aromatic rings. The third-order valence-corrected chi connectivity index (χ3v) is 4.26. The zero-order valence-electron chi connectivity index (χ0n) is 14.9. The molecule has 0 bridgehead atoms. The van der Waals surface area contributed by atoms with Crippen molar-refractivity contribution in [1.29, 1.82) is 0 Å². The number of nitrogen functional groups attached to an aromatic ring is 1. The van der Waals surface area contributed by atoms with E-state index < -0.39 is 5.97 Å². The van der Waals surface area contributed by atoms with Gasteiger partial charge in [-0.25, -0.2) is 4.79 Å². The van der Waals surface area contributed by atoms with E-state index in [1.807, 2.05) is 54.6 Å². The molecule has 5 nitrogen and oxygen atoms in total. The number of nitrogens with zero attached hydrogens (tertiary/aromatic N) is 2. The molecule has 0 heterocycles. The van der Waals surface area contributed by atoms with Gasteiger partial charge in [-0.1, -0.05) is 42.5 Å². The molecule has 0 aliphatic rings. The summed E-state index contributed by atoms with van der Waals surface area (Å²) in [6.45, 7) is 0. The van der Waals surface area contributed by atoms with Crippen molar-refractivity contribution in [2.75, 3.05) is 5.73 Å². The summed E-state index contributed by atoms with van der Waals surface area (Å²) in [6.07, 6.45) is 0. The Morgan fingerprint density at radius 1 is 0.714 bits per heavy atom. The molecule has 0 saturated heterocycles. The van der Waals surface area contributed by atoms with Crippen LogP contribution in [0.15, 0.2) is 101 Å². The lowest BCUT2D eigenvalue weighted by molar-refractivity contribution is 0.0735. The molecule has 4 aromatic carbocycles. The second-order valence-corrected chi connectivity index (χ2v) is 6.17. The number of ether oxygens (including phenoxy) is 1. The summed E-state index contributed by atoms with van der Waals surface area (Å²) in [6, 6.07) is 27.2. The zero-order chi connectivity index (χ0) is 19.3. The quantitative estimate of drug-likeness (QED) is 0.206. The predicted octanol–water partition coefficient (Wildman–Crippen LogP) is 6.06. The van der Waals surface area contributed by atoms with Gasteiger partial charge in [0, 0.05) is 16.5 Å². The summed E-state index contributed by atoms with van der Waals surface area (Å²) in [7, 11) is 0. The van der Waals surface area contributed by atoms with Gasteiger partial charge in [-0.05, 0) is 48.5 Å². The Morgan fingerprint density at radius 2 is 1.39 bits per heavy atom. The average Bonchev–Trinajstić information content (AvgIpc) is 2.74. The molecular weight excluding hydrogens is 350 g/mol. The van der Waals surface area contributed by atoms with E-state index in [1.165, 1.54) is 0 Å². The number of hydrogen-bond donors (Lipinski definition) is 1. The van der Waals surface area contributed by atoms with Gasteiger partial charge in [0.15, 0.2) is 0 Å². The van der Waals surface area contributed by atoms with Crippen LogP contribution >= 0.6 is 0 Å². The summed E-state index contributed by atoms with van der Waals surface area (Å²) in [5, 5.41) is 10.5. The van der Waals surface area contributed by atoms with Crippen LogP contribution in [0.4, 0.5) is 17.1 Å². The Kier molecular flexibility index (Phi) is 4.80. The van der Waals surface area contributed by atoms with E-state index in [4.69, 9.17) is 10.5 Å². The lowest BCUT2D eigenvalue weighted by Crippen LogP contribution is -2.07. The van der Waals surface area contributed by atoms with Gasteiger partial charge in [0.1, 0.15) is 5.75 Å². The number of fused-ring (bicyclic) bond motifs is 1. The van der Waals surface area contributed by atoms with Gasteiger partial charge < -0.3 is 10.5 Å². The standard InChI is InChI=1S/C23H17N3O2/c24-21-14-15-22(20-9-5-4-8-19(20)21)26-25-17-12-10-16(11-13-17)23(27)28-18-6-2-1-3-7-18/h1-15H,24H2. The van der Waals surface area contributed by atoms with E-state index in [9.17, 15) is 4.79 Å². The molecule has 0 atom stereocenters. The molecule has 0 aromatic heterocycles. The number of carbonyl (C=O) groups is 1. The number of carbonyl (C=O) groups excluding carboxylic acids is 1. The highest BCUT2D eigenvalue weighted by Crippen LogP contribution is 2.31. The Hall–Kier alpha value is -3.99. The van der Waals surface area contributed by atoms with Crippen molar-refractivity contribution in [2.24, 2.45) is 10.2 Å². The molecule has 0 unspecified atom stereocenters. The molecule has 28 heavy (non-hydrogen) atoms. The summed E-state index contributed by atoms with van der Waals surface area (Å²) >= 11 is 0. The lowest BCUT2D eigenvalue weighted by atomic mass is 10.1. The van der Waals surface area contributed by atoms with E-state index in [0.717, 1.165) is 16.5 Å². The molecule has 0 amide bonds. The zero-order valence-corrected chi connectivity index (χ0v) is 14.9. The van der Waals surface area contributed by atoms with Crippen molar-refractivity contribution in [3.8, 4) is 5.75 Å². The maximum absolute atomic E-state index is 12.2. The van der Waals surface area contributed by atoms with Gasteiger partial charge in [-0.15, -0.1) is 5.11 Å². The van der Waals surface area contributed by atoms with Crippen molar-refractivity contribution in [3.63, 3.8) is 0 Å². The fourth-order valence-corrected chi connectivity index (χ4v) is 2.82. The van der Waals surface area contributed by atoms with Gasteiger partial charge >= 0.3 is 5.97 Å². The minimum absolute atomic E-state index is 0.417. The Labute approximate surface area is 162 Å². The molecule has 0 fully saturated rings. The number of benzene rings is 4. The predicted molar refractivity (Wildman–Crippen MR) is 110 cm³/mol. The summed E-state index contributed by atoms with van der Waals surface area (Å²) in [5.74, 6) is 0.0886. The van der Waals surface area contributed by atoms with Crippen LogP contribution in [0.3, 0.4) is 0 Å². The minimum atomic E-state index is -0.417. The highest BCUT2D eigenvalue weighted by Gasteiger charge is 2.08. The molecule has 5 heteroatoms. The molecule has 136 valence electrons. The van der Waals surface area contributed by atoms with E-state index in [-0.39, 0.29) is 0 Å². The molecular formula is C23H17N3O2. The van der Waals surface area contributed by atoms with Crippen LogP contribution in [0, 0.1) is 0 Å². The highest BCUT2D eigenvalue weighted by molar-refractivity contribution is 6.00. The first kappa shape index (κ1) is 17.4. The van der Waals surface area contributed by atoms with Crippen LogP contribution < -0.4 is 10.5 Å². The fraction of sp³-hybridized carbons (Fsp3) is 0. The first-order valence-electron chi connectivity index (χ1n) is 8.77. The fourth-order valence-electron chi connectivity index (χ4n) is 2.82. The number of nitrogens with two attached hydrogens (primary N) is 1. The third-order valence-electron chi connectivity index (χ3n) is 4.26. The normalized spacial score (nSPS) is 11.0. The summed E-state index contributed by atoms with van der Waals surface area (Å²) in [4.78, 5) is 12.2. The van der Waals surface area contributed by atoms with Gasteiger partial charge in [-0.2, -0.15) is 5.11 Å². The van der Waals surface area contributed by atoms with Crippen LogP contribution in [-0.4, -0.2) is 5.97 Å². The number of azo groups is 1. The summed E-state index contributed by atoms with van der Waals surface area (Å²) < 4.78 is 5.32. The highest BCUT2D eigenvalue weighted by atomic mass is 16.5. The molecule has 2 N–H and O–H groups in total. The van der Waals surface area contributed by atoms with Crippen LogP contribution in [0.1, 0.15) is 10.4 Å². The average molecular weight is 367 g/mol. The number of esters is 1. The molecule has 0 saturated carbocycles. The SMILES string of the molecule is Nc1ccc(N=Nc2ccc(C(=O)Oc3ccccc3)cc2)c2ccccc12. The Balaban J connectivity index is 1.52. The smallest absolute Gasteiger partial charge is 0.343 e. The third kappa shape index (κ3) is 3.73. The lowest BCUT2D eigenvalue weighted by Gasteiger charge is -2.05. The van der Waals surface area contributed by atoms with Crippen molar-refractivity contribution in [1.82, 2.24) is 0 Å². The van der Waals surface area contributed by atoms with E-state index in [2.05, 4.69) is 10.2 Å². The van der Waals surface area contributed by atoms with Crippen molar-refractivity contribution >= 4 is 33.8 Å². The van der Waals surface area contributed by atoms with Gasteiger partial charge in [0.2, 0.25) is 0 Å².